The van der Waals surface area contributed by atoms with Gasteiger partial charge in [-0.1, -0.05) is 23.2 Å². The van der Waals surface area contributed by atoms with Crippen LogP contribution in [0.5, 0.6) is 0 Å². The van der Waals surface area contributed by atoms with E-state index in [4.69, 9.17) is 23.2 Å². The van der Waals surface area contributed by atoms with Crippen LogP contribution in [0.3, 0.4) is 0 Å². The molecule has 4 nitrogen and oxygen atoms in total. The zero-order valence-corrected chi connectivity index (χ0v) is 12.0. The van der Waals surface area contributed by atoms with Crippen LogP contribution in [0.2, 0.25) is 10.0 Å². The first-order valence-electron chi connectivity index (χ1n) is 5.68. The average Bonchev–Trinajstić information content (AvgIpc) is 2.57. The molecular weight excluding hydrogens is 295 g/mol. The fourth-order valence-corrected chi connectivity index (χ4v) is 4.11. The standard InChI is InChI=1S/C11H14Cl2N2O2S/c12-9-2-3-11(10(13)8-9)18(16,17)15-6-1-4-14-5-7-15/h2-3,8,14H,1,4-7H2. The molecule has 1 aromatic rings. The van der Waals surface area contributed by atoms with E-state index < -0.39 is 10.0 Å². The minimum atomic E-state index is -3.53. The Balaban J connectivity index is 2.34. The highest BCUT2D eigenvalue weighted by molar-refractivity contribution is 7.89. The van der Waals surface area contributed by atoms with E-state index in [0.717, 1.165) is 13.0 Å². The third-order valence-corrected chi connectivity index (χ3v) is 5.43. The molecule has 100 valence electrons. The monoisotopic (exact) mass is 308 g/mol. The predicted octanol–water partition coefficient (Wildman–Crippen LogP) is 1.98. The SMILES string of the molecule is O=S(=O)(c1ccc(Cl)cc1Cl)N1CCCNCC1. The Morgan fingerprint density at radius 2 is 1.94 bits per heavy atom. The maximum atomic E-state index is 12.4. The summed E-state index contributed by atoms with van der Waals surface area (Å²) in [5.74, 6) is 0. The number of nitrogens with zero attached hydrogens (tertiary/aromatic N) is 1. The molecule has 0 atom stereocenters. The fourth-order valence-electron chi connectivity index (χ4n) is 1.88. The maximum Gasteiger partial charge on any atom is 0.244 e. The lowest BCUT2D eigenvalue weighted by Gasteiger charge is -2.20. The van der Waals surface area contributed by atoms with E-state index in [0.29, 0.717) is 24.7 Å². The Bertz CT molecular complexity index is 526. The van der Waals surface area contributed by atoms with Gasteiger partial charge in [-0.05, 0) is 31.2 Å². The summed E-state index contributed by atoms with van der Waals surface area (Å²) in [5.41, 5.74) is 0. The number of halogens is 2. The van der Waals surface area contributed by atoms with Crippen LogP contribution in [-0.2, 0) is 10.0 Å². The normalized spacial score (nSPS) is 18.6. The first-order valence-corrected chi connectivity index (χ1v) is 7.87. The molecular formula is C11H14Cl2N2O2S. The molecule has 1 N–H and O–H groups in total. The first kappa shape index (κ1) is 14.1. The summed E-state index contributed by atoms with van der Waals surface area (Å²) < 4.78 is 26.3. The molecule has 0 radical (unpaired) electrons. The van der Waals surface area contributed by atoms with Gasteiger partial charge in [0.2, 0.25) is 10.0 Å². The number of sulfonamides is 1. The Morgan fingerprint density at radius 3 is 2.67 bits per heavy atom. The summed E-state index contributed by atoms with van der Waals surface area (Å²) in [5, 5.41) is 3.76. The molecule has 2 rings (SSSR count). The number of hydrogen-bond donors (Lipinski definition) is 1. The summed E-state index contributed by atoms with van der Waals surface area (Å²) >= 11 is 11.7. The third kappa shape index (κ3) is 2.97. The topological polar surface area (TPSA) is 49.4 Å². The quantitative estimate of drug-likeness (QED) is 0.909. The van der Waals surface area contributed by atoms with Crippen molar-refractivity contribution in [1.29, 1.82) is 0 Å². The Labute approximate surface area is 117 Å². The zero-order chi connectivity index (χ0) is 13.2. The van der Waals surface area contributed by atoms with Crippen molar-refractivity contribution >= 4 is 33.2 Å². The molecule has 1 fully saturated rings. The highest BCUT2D eigenvalue weighted by Gasteiger charge is 2.27. The van der Waals surface area contributed by atoms with Crippen molar-refractivity contribution in [2.75, 3.05) is 26.2 Å². The van der Waals surface area contributed by atoms with E-state index >= 15 is 0 Å². The lowest BCUT2D eigenvalue weighted by Crippen LogP contribution is -2.34. The Morgan fingerprint density at radius 1 is 1.17 bits per heavy atom. The van der Waals surface area contributed by atoms with Gasteiger partial charge in [-0.15, -0.1) is 0 Å². The molecule has 1 aliphatic heterocycles. The van der Waals surface area contributed by atoms with E-state index in [1.807, 2.05) is 0 Å². The van der Waals surface area contributed by atoms with Crippen molar-refractivity contribution in [2.24, 2.45) is 0 Å². The average molecular weight is 309 g/mol. The highest BCUT2D eigenvalue weighted by Crippen LogP contribution is 2.27. The van der Waals surface area contributed by atoms with E-state index in [1.54, 1.807) is 0 Å². The van der Waals surface area contributed by atoms with Crippen LogP contribution >= 0.6 is 23.2 Å². The van der Waals surface area contributed by atoms with Gasteiger partial charge in [-0.25, -0.2) is 8.42 Å². The van der Waals surface area contributed by atoms with Crippen molar-refractivity contribution in [3.8, 4) is 0 Å². The molecule has 1 aromatic carbocycles. The van der Waals surface area contributed by atoms with Crippen LogP contribution in [0.1, 0.15) is 6.42 Å². The molecule has 0 spiro atoms. The van der Waals surface area contributed by atoms with Crippen LogP contribution in [-0.4, -0.2) is 38.9 Å². The maximum absolute atomic E-state index is 12.4. The minimum Gasteiger partial charge on any atom is -0.315 e. The van der Waals surface area contributed by atoms with Gasteiger partial charge in [-0.2, -0.15) is 4.31 Å². The van der Waals surface area contributed by atoms with Crippen LogP contribution in [0, 0.1) is 0 Å². The Hall–Kier alpha value is -0.330. The predicted molar refractivity (Wildman–Crippen MR) is 72.7 cm³/mol. The van der Waals surface area contributed by atoms with Gasteiger partial charge >= 0.3 is 0 Å². The molecule has 1 heterocycles. The zero-order valence-electron chi connectivity index (χ0n) is 9.70. The molecule has 0 saturated carbocycles. The summed E-state index contributed by atoms with van der Waals surface area (Å²) in [6.07, 6.45) is 0.796. The van der Waals surface area contributed by atoms with E-state index in [9.17, 15) is 8.42 Å². The van der Waals surface area contributed by atoms with Crippen molar-refractivity contribution in [1.82, 2.24) is 9.62 Å². The summed E-state index contributed by atoms with van der Waals surface area (Å²) in [6.45, 7) is 2.46. The smallest absolute Gasteiger partial charge is 0.244 e. The number of hydrogen-bond acceptors (Lipinski definition) is 3. The molecule has 0 aromatic heterocycles. The van der Waals surface area contributed by atoms with Crippen LogP contribution < -0.4 is 5.32 Å². The van der Waals surface area contributed by atoms with Crippen molar-refractivity contribution in [2.45, 2.75) is 11.3 Å². The van der Waals surface area contributed by atoms with Crippen LogP contribution in [0.25, 0.3) is 0 Å². The molecule has 0 bridgehead atoms. The van der Waals surface area contributed by atoms with E-state index in [2.05, 4.69) is 5.32 Å². The van der Waals surface area contributed by atoms with Gasteiger partial charge in [0.25, 0.3) is 0 Å². The fraction of sp³-hybridized carbons (Fsp3) is 0.455. The van der Waals surface area contributed by atoms with Gasteiger partial charge < -0.3 is 5.32 Å². The molecule has 1 saturated heterocycles. The summed E-state index contributed by atoms with van der Waals surface area (Å²) in [6, 6.07) is 4.45. The third-order valence-electron chi connectivity index (χ3n) is 2.81. The second kappa shape index (κ2) is 5.75. The molecule has 18 heavy (non-hydrogen) atoms. The lowest BCUT2D eigenvalue weighted by molar-refractivity contribution is 0.432. The van der Waals surface area contributed by atoms with Crippen LogP contribution in [0.15, 0.2) is 23.1 Å². The molecule has 0 amide bonds. The van der Waals surface area contributed by atoms with Crippen molar-refractivity contribution in [3.63, 3.8) is 0 Å². The molecule has 1 aliphatic rings. The highest BCUT2D eigenvalue weighted by atomic mass is 35.5. The van der Waals surface area contributed by atoms with E-state index in [1.165, 1.54) is 22.5 Å². The van der Waals surface area contributed by atoms with Gasteiger partial charge in [0.1, 0.15) is 4.90 Å². The first-order chi connectivity index (χ1) is 8.51. The van der Waals surface area contributed by atoms with Gasteiger partial charge in [0.15, 0.2) is 0 Å². The van der Waals surface area contributed by atoms with Gasteiger partial charge in [0, 0.05) is 24.7 Å². The molecule has 0 unspecified atom stereocenters. The largest absolute Gasteiger partial charge is 0.315 e. The summed E-state index contributed by atoms with van der Waals surface area (Å²) in [4.78, 5) is 0.121. The van der Waals surface area contributed by atoms with Crippen molar-refractivity contribution < 1.29 is 8.42 Å². The lowest BCUT2D eigenvalue weighted by atomic mass is 10.4. The Kier molecular flexibility index (Phi) is 4.50. The van der Waals surface area contributed by atoms with Gasteiger partial charge in [0.05, 0.1) is 5.02 Å². The second-order valence-corrected chi connectivity index (χ2v) is 6.83. The van der Waals surface area contributed by atoms with Gasteiger partial charge in [-0.3, -0.25) is 0 Å². The number of benzene rings is 1. The number of rotatable bonds is 2. The number of nitrogens with one attached hydrogen (secondary N) is 1. The summed E-state index contributed by atoms with van der Waals surface area (Å²) in [7, 11) is -3.53. The van der Waals surface area contributed by atoms with Crippen LogP contribution in [0.4, 0.5) is 0 Å². The molecule has 0 aliphatic carbocycles. The minimum absolute atomic E-state index is 0.121. The second-order valence-electron chi connectivity index (χ2n) is 4.08. The molecule has 7 heteroatoms. The van der Waals surface area contributed by atoms with E-state index in [-0.39, 0.29) is 9.92 Å². The van der Waals surface area contributed by atoms with Crippen molar-refractivity contribution in [3.05, 3.63) is 28.2 Å².